The molecule has 1 saturated carbocycles. The Morgan fingerprint density at radius 2 is 1.81 bits per heavy atom. The third-order valence-corrected chi connectivity index (χ3v) is 4.66. The van der Waals surface area contributed by atoms with E-state index >= 15 is 0 Å². The average molecular weight is 372 g/mol. The number of aryl methyl sites for hydroxylation is 1. The van der Waals surface area contributed by atoms with Crippen molar-refractivity contribution in [3.05, 3.63) is 70.8 Å². The molecule has 2 amide bonds. The molecule has 6 heteroatoms. The highest BCUT2D eigenvalue weighted by Crippen LogP contribution is 2.41. The number of amides is 2. The van der Waals surface area contributed by atoms with Crippen LogP contribution in [0.2, 0.25) is 0 Å². The molecule has 142 valence electrons. The Balaban J connectivity index is 1.51. The Labute approximate surface area is 157 Å². The fourth-order valence-corrected chi connectivity index (χ4v) is 2.98. The van der Waals surface area contributed by atoms with Crippen LogP contribution in [-0.2, 0) is 4.79 Å². The van der Waals surface area contributed by atoms with Crippen molar-refractivity contribution in [1.29, 1.82) is 0 Å². The third-order valence-electron chi connectivity index (χ3n) is 4.66. The van der Waals surface area contributed by atoms with Crippen LogP contribution in [0.3, 0.4) is 0 Å². The molecule has 0 saturated heterocycles. The van der Waals surface area contributed by atoms with E-state index < -0.39 is 17.5 Å². The highest BCUT2D eigenvalue weighted by atomic mass is 19.1. The fourth-order valence-electron chi connectivity index (χ4n) is 2.98. The van der Waals surface area contributed by atoms with Gasteiger partial charge >= 0.3 is 0 Å². The van der Waals surface area contributed by atoms with Crippen LogP contribution in [0.15, 0.2) is 42.5 Å². The molecule has 2 N–H and O–H groups in total. The molecule has 1 atom stereocenters. The molecule has 3 rings (SSSR count). The molecule has 1 fully saturated rings. The lowest BCUT2D eigenvalue weighted by atomic mass is 10.0. The first-order chi connectivity index (χ1) is 12.9. The lowest BCUT2D eigenvalue weighted by molar-refractivity contribution is -0.121. The standard InChI is InChI=1S/C21H22F2N2O2/c1-13-2-4-14(5-3-13)20(15-6-7-15)25-19(26)10-11-24-21(27)17-9-8-16(22)12-18(17)23/h2-5,8-9,12,15,20H,6-7,10-11H2,1H3,(H,24,27)(H,25,26). The van der Waals surface area contributed by atoms with Crippen molar-refractivity contribution >= 4 is 11.8 Å². The Morgan fingerprint density at radius 1 is 1.11 bits per heavy atom. The van der Waals surface area contributed by atoms with E-state index in [1.54, 1.807) is 0 Å². The topological polar surface area (TPSA) is 58.2 Å². The smallest absolute Gasteiger partial charge is 0.254 e. The normalized spacial score (nSPS) is 14.5. The van der Waals surface area contributed by atoms with Crippen molar-refractivity contribution in [2.75, 3.05) is 6.54 Å². The number of carbonyl (C=O) groups is 2. The van der Waals surface area contributed by atoms with E-state index in [4.69, 9.17) is 0 Å². The van der Waals surface area contributed by atoms with Gasteiger partial charge < -0.3 is 10.6 Å². The number of carbonyl (C=O) groups excluding carboxylic acids is 2. The molecule has 27 heavy (non-hydrogen) atoms. The molecule has 0 aliphatic heterocycles. The maximum Gasteiger partial charge on any atom is 0.254 e. The monoisotopic (exact) mass is 372 g/mol. The number of hydrogen-bond donors (Lipinski definition) is 2. The van der Waals surface area contributed by atoms with E-state index in [1.807, 2.05) is 31.2 Å². The Bertz CT molecular complexity index is 833. The first-order valence-electron chi connectivity index (χ1n) is 9.03. The van der Waals surface area contributed by atoms with Gasteiger partial charge in [-0.25, -0.2) is 8.78 Å². The summed E-state index contributed by atoms with van der Waals surface area (Å²) in [6, 6.07) is 10.8. The van der Waals surface area contributed by atoms with Crippen LogP contribution in [0.1, 0.15) is 46.8 Å². The second-order valence-electron chi connectivity index (χ2n) is 6.92. The van der Waals surface area contributed by atoms with Gasteiger partial charge in [-0.1, -0.05) is 29.8 Å². The van der Waals surface area contributed by atoms with Crippen molar-refractivity contribution in [3.8, 4) is 0 Å². The summed E-state index contributed by atoms with van der Waals surface area (Å²) in [7, 11) is 0. The summed E-state index contributed by atoms with van der Waals surface area (Å²) in [5.74, 6) is -2.07. The van der Waals surface area contributed by atoms with Gasteiger partial charge in [-0.3, -0.25) is 9.59 Å². The largest absolute Gasteiger partial charge is 0.351 e. The highest BCUT2D eigenvalue weighted by Gasteiger charge is 2.33. The predicted molar refractivity (Wildman–Crippen MR) is 98.1 cm³/mol. The van der Waals surface area contributed by atoms with Crippen LogP contribution in [-0.4, -0.2) is 18.4 Å². The summed E-state index contributed by atoms with van der Waals surface area (Å²) < 4.78 is 26.5. The van der Waals surface area contributed by atoms with Gasteiger partial charge in [-0.15, -0.1) is 0 Å². The Morgan fingerprint density at radius 3 is 2.44 bits per heavy atom. The lowest BCUT2D eigenvalue weighted by Gasteiger charge is -2.19. The van der Waals surface area contributed by atoms with Crippen LogP contribution < -0.4 is 10.6 Å². The molecular formula is C21H22F2N2O2. The van der Waals surface area contributed by atoms with Gasteiger partial charge in [0.15, 0.2) is 0 Å². The summed E-state index contributed by atoms with van der Waals surface area (Å²) in [5, 5.41) is 5.53. The minimum Gasteiger partial charge on any atom is -0.351 e. The molecule has 1 aliphatic carbocycles. The van der Waals surface area contributed by atoms with Gasteiger partial charge in [-0.05, 0) is 43.4 Å². The summed E-state index contributed by atoms with van der Waals surface area (Å²) in [6.07, 6.45) is 2.25. The maximum atomic E-state index is 13.6. The molecular weight excluding hydrogens is 350 g/mol. The summed E-state index contributed by atoms with van der Waals surface area (Å²) in [4.78, 5) is 24.2. The Hall–Kier alpha value is -2.76. The van der Waals surface area contributed by atoms with E-state index in [-0.39, 0.29) is 30.5 Å². The van der Waals surface area contributed by atoms with Crippen molar-refractivity contribution in [1.82, 2.24) is 10.6 Å². The van der Waals surface area contributed by atoms with Gasteiger partial charge in [0.2, 0.25) is 5.91 Å². The van der Waals surface area contributed by atoms with E-state index in [1.165, 1.54) is 0 Å². The minimum atomic E-state index is -0.926. The minimum absolute atomic E-state index is 0.0247. The molecule has 0 radical (unpaired) electrons. The van der Waals surface area contributed by atoms with E-state index in [2.05, 4.69) is 10.6 Å². The average Bonchev–Trinajstić information content (AvgIpc) is 3.45. The lowest BCUT2D eigenvalue weighted by Crippen LogP contribution is -2.34. The van der Waals surface area contributed by atoms with Gasteiger partial charge in [-0.2, -0.15) is 0 Å². The zero-order chi connectivity index (χ0) is 19.4. The van der Waals surface area contributed by atoms with Crippen molar-refractivity contribution in [2.45, 2.75) is 32.2 Å². The summed E-state index contributed by atoms with van der Waals surface area (Å²) in [6.45, 7) is 2.09. The van der Waals surface area contributed by atoms with Crippen LogP contribution in [0, 0.1) is 24.5 Å². The molecule has 0 heterocycles. The molecule has 2 aromatic carbocycles. The summed E-state index contributed by atoms with van der Waals surface area (Å²) in [5.41, 5.74) is 2.00. The van der Waals surface area contributed by atoms with Gasteiger partial charge in [0, 0.05) is 19.0 Å². The van der Waals surface area contributed by atoms with Crippen LogP contribution in [0.25, 0.3) is 0 Å². The molecule has 4 nitrogen and oxygen atoms in total. The quantitative estimate of drug-likeness (QED) is 0.779. The summed E-state index contributed by atoms with van der Waals surface area (Å²) >= 11 is 0. The van der Waals surface area contributed by atoms with Crippen molar-refractivity contribution < 1.29 is 18.4 Å². The second-order valence-corrected chi connectivity index (χ2v) is 6.92. The zero-order valence-corrected chi connectivity index (χ0v) is 15.1. The first kappa shape index (κ1) is 19.0. The molecule has 0 bridgehead atoms. The number of benzene rings is 2. The number of halogens is 2. The third kappa shape index (κ3) is 5.12. The van der Waals surface area contributed by atoms with Crippen LogP contribution >= 0.6 is 0 Å². The Kier molecular flexibility index (Phi) is 5.84. The molecule has 2 aromatic rings. The predicted octanol–water partition coefficient (Wildman–Crippen LogP) is 3.66. The number of hydrogen-bond acceptors (Lipinski definition) is 2. The van der Waals surface area contributed by atoms with Gasteiger partial charge in [0.1, 0.15) is 11.6 Å². The van der Waals surface area contributed by atoms with E-state index in [0.717, 1.165) is 36.1 Å². The molecule has 0 aromatic heterocycles. The van der Waals surface area contributed by atoms with E-state index in [9.17, 15) is 18.4 Å². The van der Waals surface area contributed by atoms with Crippen molar-refractivity contribution in [3.63, 3.8) is 0 Å². The fraction of sp³-hybridized carbons (Fsp3) is 0.333. The van der Waals surface area contributed by atoms with Gasteiger partial charge in [0.05, 0.1) is 11.6 Å². The van der Waals surface area contributed by atoms with Crippen LogP contribution in [0.5, 0.6) is 0 Å². The molecule has 1 aliphatic rings. The van der Waals surface area contributed by atoms with E-state index in [0.29, 0.717) is 12.0 Å². The number of rotatable bonds is 7. The highest BCUT2D eigenvalue weighted by molar-refractivity contribution is 5.94. The van der Waals surface area contributed by atoms with Gasteiger partial charge in [0.25, 0.3) is 5.91 Å². The first-order valence-corrected chi connectivity index (χ1v) is 9.03. The second kappa shape index (κ2) is 8.29. The molecule has 0 spiro atoms. The number of nitrogens with one attached hydrogen (secondary N) is 2. The molecule has 1 unspecified atom stereocenters. The zero-order valence-electron chi connectivity index (χ0n) is 15.1. The van der Waals surface area contributed by atoms with Crippen LogP contribution in [0.4, 0.5) is 8.78 Å². The van der Waals surface area contributed by atoms with Crippen molar-refractivity contribution in [2.24, 2.45) is 5.92 Å². The SMILES string of the molecule is Cc1ccc(C(NC(=O)CCNC(=O)c2ccc(F)cc2F)C2CC2)cc1. The maximum absolute atomic E-state index is 13.6.